The number of nitrogens with zero attached hydrogens (tertiary/aromatic N) is 1. The fraction of sp³-hybridized carbons (Fsp3) is 0.167. The van der Waals surface area contributed by atoms with E-state index in [1.54, 1.807) is 0 Å². The second kappa shape index (κ2) is 11.1. The van der Waals surface area contributed by atoms with E-state index in [0.717, 1.165) is 11.8 Å². The highest BCUT2D eigenvalue weighted by atomic mass is 32.2. The van der Waals surface area contributed by atoms with E-state index in [2.05, 4.69) is 20.6 Å². The highest BCUT2D eigenvalue weighted by Crippen LogP contribution is 2.36. The maximum Gasteiger partial charge on any atom is 0.335 e. The number of thioether (sulfide) groups is 1. The molecule has 202 valence electrons. The number of benzene rings is 2. The maximum absolute atomic E-state index is 12.6. The van der Waals surface area contributed by atoms with Crippen molar-refractivity contribution in [1.29, 1.82) is 0 Å². The molecule has 15 heteroatoms. The number of phenolic OH excluding ortho intramolecular Hbond substituents is 1. The third-order valence-corrected chi connectivity index (χ3v) is 6.66. The number of aromatic amines is 2. The predicted octanol–water partition coefficient (Wildman–Crippen LogP) is 0.887. The summed E-state index contributed by atoms with van der Waals surface area (Å²) in [5, 5.41) is 33.6. The maximum atomic E-state index is 12.6. The highest BCUT2D eigenvalue weighted by Gasteiger charge is 2.34. The average Bonchev–Trinajstić information content (AvgIpc) is 3.21. The smallest absolute Gasteiger partial charge is 0.335 e. The molecule has 1 fully saturated rings. The molecule has 1 saturated heterocycles. The van der Waals surface area contributed by atoms with Crippen molar-refractivity contribution in [3.63, 3.8) is 0 Å². The van der Waals surface area contributed by atoms with Gasteiger partial charge in [0, 0.05) is 12.1 Å². The second-order valence-electron chi connectivity index (χ2n) is 8.17. The van der Waals surface area contributed by atoms with Gasteiger partial charge in [0.15, 0.2) is 16.7 Å². The van der Waals surface area contributed by atoms with Gasteiger partial charge < -0.3 is 30.7 Å². The van der Waals surface area contributed by atoms with Crippen LogP contribution in [-0.4, -0.2) is 60.6 Å². The van der Waals surface area contributed by atoms with E-state index in [1.165, 1.54) is 49.6 Å². The number of hydrogen-bond acceptors (Lipinski definition) is 10. The number of amides is 2. The standard InChI is InChI=1S/C24H21N5O9S/c1-38-14-8-11(4-7-13(14)30)18(17-20(33)27-23(37)28-21(17)34)26-24-29-19(32)15(39-24)9-16(31)25-12-5-2-10(3-6-12)22(35)36/h2-8,15,18,30H,9H2,1H3,(H,25,31)(H,35,36)(H,26,29,32)(H3,27,28,33,34,37)/t15-,18+/m1/s1. The molecule has 3 aromatic rings. The molecule has 1 aliphatic heterocycles. The van der Waals surface area contributed by atoms with Crippen LogP contribution in [0.1, 0.15) is 33.9 Å². The number of carbonyl (C=O) groups excluding carboxylic acids is 2. The number of aromatic hydroxyl groups is 2. The molecular formula is C24H21N5O9S. The average molecular weight is 556 g/mol. The number of rotatable bonds is 8. The third-order valence-electron chi connectivity index (χ3n) is 5.56. The number of aliphatic imine (C=N–C) groups is 1. The van der Waals surface area contributed by atoms with Gasteiger partial charge in [0.1, 0.15) is 16.9 Å². The number of H-pyrrole nitrogens is 2. The minimum Gasteiger partial charge on any atom is -0.504 e. The fourth-order valence-corrected chi connectivity index (χ4v) is 4.70. The van der Waals surface area contributed by atoms with E-state index in [9.17, 15) is 34.2 Å². The van der Waals surface area contributed by atoms with Gasteiger partial charge in [0.2, 0.25) is 17.7 Å². The van der Waals surface area contributed by atoms with Crippen LogP contribution in [0.25, 0.3) is 0 Å². The number of carboxylic acids is 1. The first-order valence-electron chi connectivity index (χ1n) is 11.2. The Morgan fingerprint density at radius 1 is 1.10 bits per heavy atom. The summed E-state index contributed by atoms with van der Waals surface area (Å²) >= 11 is 0.914. The molecule has 0 spiro atoms. The molecule has 2 atom stereocenters. The van der Waals surface area contributed by atoms with Gasteiger partial charge in [-0.05, 0) is 42.0 Å². The minimum absolute atomic E-state index is 0.0330. The summed E-state index contributed by atoms with van der Waals surface area (Å²) in [6, 6.07) is 8.30. The summed E-state index contributed by atoms with van der Waals surface area (Å²) in [7, 11) is 1.31. The van der Waals surface area contributed by atoms with Crippen LogP contribution in [0.3, 0.4) is 0 Å². The van der Waals surface area contributed by atoms with Gasteiger partial charge in [0.05, 0.1) is 12.7 Å². The first-order chi connectivity index (χ1) is 18.5. The molecule has 2 aromatic carbocycles. The van der Waals surface area contributed by atoms with Gasteiger partial charge in [-0.1, -0.05) is 17.8 Å². The van der Waals surface area contributed by atoms with Crippen LogP contribution < -0.4 is 26.6 Å². The van der Waals surface area contributed by atoms with Crippen LogP contribution in [0.2, 0.25) is 0 Å². The Morgan fingerprint density at radius 2 is 1.82 bits per heavy atom. The van der Waals surface area contributed by atoms with Crippen molar-refractivity contribution in [3.05, 3.63) is 80.0 Å². The Morgan fingerprint density at radius 3 is 2.46 bits per heavy atom. The van der Waals surface area contributed by atoms with Crippen molar-refractivity contribution in [1.82, 2.24) is 15.3 Å². The number of carboxylic acid groups (broad SMARTS) is 1. The molecule has 0 saturated carbocycles. The van der Waals surface area contributed by atoms with Crippen molar-refractivity contribution >= 4 is 40.4 Å². The second-order valence-corrected chi connectivity index (χ2v) is 9.36. The lowest BCUT2D eigenvalue weighted by Gasteiger charge is -2.16. The SMILES string of the molecule is COc1cc([C@H](N=C2NC(=O)[C@@H](CC(=O)Nc3ccc(C(=O)O)cc3)S2)c2c(O)[nH]c(=O)[nH]c2=O)ccc1O. The number of aromatic nitrogens is 2. The first-order valence-corrected chi connectivity index (χ1v) is 12.0. The molecule has 0 unspecified atom stereocenters. The van der Waals surface area contributed by atoms with Gasteiger partial charge in [-0.3, -0.25) is 24.4 Å². The highest BCUT2D eigenvalue weighted by molar-refractivity contribution is 8.15. The molecule has 0 radical (unpaired) electrons. The molecule has 1 aliphatic rings. The zero-order valence-electron chi connectivity index (χ0n) is 20.0. The molecule has 4 rings (SSSR count). The van der Waals surface area contributed by atoms with Gasteiger partial charge >= 0.3 is 11.7 Å². The van der Waals surface area contributed by atoms with E-state index in [0.29, 0.717) is 5.69 Å². The molecule has 14 nitrogen and oxygen atoms in total. The quantitative estimate of drug-likeness (QED) is 0.208. The number of hydrogen-bond donors (Lipinski definition) is 7. The number of nitrogens with one attached hydrogen (secondary N) is 4. The Balaban J connectivity index is 1.59. The monoisotopic (exact) mass is 555 g/mol. The molecule has 2 amide bonds. The summed E-state index contributed by atoms with van der Waals surface area (Å²) < 4.78 is 5.11. The van der Waals surface area contributed by atoms with Crippen LogP contribution >= 0.6 is 11.8 Å². The Kier molecular flexibility index (Phi) is 7.71. The van der Waals surface area contributed by atoms with Gasteiger partial charge in [-0.15, -0.1) is 0 Å². The summed E-state index contributed by atoms with van der Waals surface area (Å²) in [6.07, 6.45) is -0.252. The van der Waals surface area contributed by atoms with E-state index in [4.69, 9.17) is 9.84 Å². The Hall–Kier alpha value is -5.05. The zero-order chi connectivity index (χ0) is 28.3. The molecule has 1 aromatic heterocycles. The predicted molar refractivity (Wildman–Crippen MR) is 139 cm³/mol. The lowest BCUT2D eigenvalue weighted by Crippen LogP contribution is -2.29. The van der Waals surface area contributed by atoms with Crippen LogP contribution in [0, 0.1) is 0 Å². The van der Waals surface area contributed by atoms with E-state index >= 15 is 0 Å². The lowest BCUT2D eigenvalue weighted by molar-refractivity contribution is -0.122. The number of amidine groups is 1. The summed E-state index contributed by atoms with van der Waals surface area (Å²) in [4.78, 5) is 68.8. The van der Waals surface area contributed by atoms with Crippen molar-refractivity contribution in [2.75, 3.05) is 12.4 Å². The number of anilines is 1. The number of carbonyl (C=O) groups is 3. The normalized spacial score (nSPS) is 16.5. The topological polar surface area (TPSA) is 223 Å². The van der Waals surface area contributed by atoms with Crippen molar-refractivity contribution in [2.45, 2.75) is 17.7 Å². The molecule has 2 heterocycles. The minimum atomic E-state index is -1.26. The Labute approximate surface area is 222 Å². The van der Waals surface area contributed by atoms with Crippen molar-refractivity contribution in [2.24, 2.45) is 4.99 Å². The molecule has 39 heavy (non-hydrogen) atoms. The largest absolute Gasteiger partial charge is 0.504 e. The first kappa shape index (κ1) is 27.0. The van der Waals surface area contributed by atoms with Gasteiger partial charge in [-0.2, -0.15) is 0 Å². The number of phenols is 1. The van der Waals surface area contributed by atoms with Crippen LogP contribution in [0.4, 0.5) is 5.69 Å². The summed E-state index contributed by atoms with van der Waals surface area (Å²) in [5.74, 6) is -3.05. The molecular weight excluding hydrogens is 534 g/mol. The van der Waals surface area contributed by atoms with E-state index in [1.807, 2.05) is 4.98 Å². The fourth-order valence-electron chi connectivity index (χ4n) is 3.70. The molecule has 0 bridgehead atoms. The lowest BCUT2D eigenvalue weighted by atomic mass is 10.0. The van der Waals surface area contributed by atoms with Crippen LogP contribution in [-0.2, 0) is 9.59 Å². The van der Waals surface area contributed by atoms with Crippen molar-refractivity contribution in [3.8, 4) is 17.4 Å². The van der Waals surface area contributed by atoms with E-state index < -0.39 is 46.2 Å². The zero-order valence-corrected chi connectivity index (χ0v) is 20.9. The van der Waals surface area contributed by atoms with E-state index in [-0.39, 0.29) is 39.8 Å². The third kappa shape index (κ3) is 6.10. The Bertz CT molecular complexity index is 1600. The molecule has 0 aliphatic carbocycles. The summed E-state index contributed by atoms with van der Waals surface area (Å²) in [6.45, 7) is 0. The van der Waals surface area contributed by atoms with Crippen LogP contribution in [0.15, 0.2) is 57.0 Å². The van der Waals surface area contributed by atoms with Gasteiger partial charge in [-0.25, -0.2) is 14.6 Å². The number of aromatic carboxylic acids is 1. The number of ether oxygens (including phenoxy) is 1. The van der Waals surface area contributed by atoms with Crippen LogP contribution in [0.5, 0.6) is 17.4 Å². The summed E-state index contributed by atoms with van der Waals surface area (Å²) in [5.41, 5.74) is -1.55. The van der Waals surface area contributed by atoms with Crippen molar-refractivity contribution < 1.29 is 34.4 Å². The number of methoxy groups -OCH3 is 1. The van der Waals surface area contributed by atoms with Gasteiger partial charge in [0.25, 0.3) is 5.56 Å². The molecule has 7 N–H and O–H groups in total.